The Kier molecular flexibility index (Phi) is 9.57. The predicted molar refractivity (Wildman–Crippen MR) is 130 cm³/mol. The second-order valence-corrected chi connectivity index (χ2v) is 7.80. The number of guanidine groups is 1. The molecule has 2 atom stereocenters. The number of morpholine rings is 1. The molecule has 0 amide bonds. The monoisotopic (exact) mass is 527 g/mol. The molecule has 0 aliphatic carbocycles. The molecule has 2 aromatic rings. The van der Waals surface area contributed by atoms with Crippen molar-refractivity contribution >= 4 is 29.9 Å². The molecule has 3 rings (SSSR count). The van der Waals surface area contributed by atoms with Crippen molar-refractivity contribution in [1.29, 1.82) is 0 Å². The van der Waals surface area contributed by atoms with E-state index in [9.17, 15) is 0 Å². The molecule has 30 heavy (non-hydrogen) atoms. The van der Waals surface area contributed by atoms with Crippen molar-refractivity contribution in [1.82, 2.24) is 20.5 Å². The van der Waals surface area contributed by atoms with Gasteiger partial charge in [0.1, 0.15) is 5.76 Å². The van der Waals surface area contributed by atoms with Crippen LogP contribution in [0.5, 0.6) is 0 Å². The molecule has 0 bridgehead atoms. The summed E-state index contributed by atoms with van der Waals surface area (Å²) in [5, 5.41) is 6.57. The minimum atomic E-state index is 0. The van der Waals surface area contributed by atoms with E-state index in [-0.39, 0.29) is 24.0 Å². The molecule has 2 heterocycles. The largest absolute Gasteiger partial charge is 0.444 e. The first-order valence-electron chi connectivity index (χ1n) is 10.3. The maximum Gasteiger partial charge on any atom is 0.214 e. The highest BCUT2D eigenvalue weighted by molar-refractivity contribution is 14.0. The van der Waals surface area contributed by atoms with Gasteiger partial charge in [0, 0.05) is 33.2 Å². The van der Waals surface area contributed by atoms with Gasteiger partial charge in [-0.25, -0.2) is 4.98 Å². The zero-order valence-corrected chi connectivity index (χ0v) is 20.9. The SMILES string of the molecule is CN=C(NCc1ccc(CN2CC(C)OC(C)C2)cc1)NCc1nc(C)c(C)o1.I. The summed E-state index contributed by atoms with van der Waals surface area (Å²) in [7, 11) is 1.76. The van der Waals surface area contributed by atoms with Crippen molar-refractivity contribution in [3.8, 4) is 0 Å². The maximum absolute atomic E-state index is 5.82. The molecule has 1 aromatic heterocycles. The van der Waals surface area contributed by atoms with Crippen molar-refractivity contribution < 1.29 is 9.15 Å². The van der Waals surface area contributed by atoms with Crippen molar-refractivity contribution in [3.05, 3.63) is 52.7 Å². The first-order chi connectivity index (χ1) is 13.9. The fourth-order valence-electron chi connectivity index (χ4n) is 3.61. The lowest BCUT2D eigenvalue weighted by atomic mass is 10.1. The van der Waals surface area contributed by atoms with E-state index >= 15 is 0 Å². The number of nitrogens with zero attached hydrogens (tertiary/aromatic N) is 3. The van der Waals surface area contributed by atoms with Crippen LogP contribution in [-0.2, 0) is 24.4 Å². The van der Waals surface area contributed by atoms with Crippen LogP contribution in [-0.4, -0.2) is 48.2 Å². The molecule has 0 spiro atoms. The van der Waals surface area contributed by atoms with Crippen molar-refractivity contribution in [2.45, 2.75) is 59.5 Å². The van der Waals surface area contributed by atoms with Crippen LogP contribution in [0.15, 0.2) is 33.7 Å². The molecule has 2 unspecified atom stereocenters. The van der Waals surface area contributed by atoms with Crippen molar-refractivity contribution in [3.63, 3.8) is 0 Å². The topological polar surface area (TPSA) is 74.9 Å². The van der Waals surface area contributed by atoms with Crippen molar-refractivity contribution in [2.24, 2.45) is 4.99 Å². The highest BCUT2D eigenvalue weighted by Crippen LogP contribution is 2.15. The van der Waals surface area contributed by atoms with Crippen LogP contribution >= 0.6 is 24.0 Å². The summed E-state index contributed by atoms with van der Waals surface area (Å²) in [6.07, 6.45) is 0.594. The number of nitrogens with one attached hydrogen (secondary N) is 2. The second-order valence-electron chi connectivity index (χ2n) is 7.80. The van der Waals surface area contributed by atoms with Gasteiger partial charge in [-0.15, -0.1) is 24.0 Å². The molecular weight excluding hydrogens is 493 g/mol. The lowest BCUT2D eigenvalue weighted by molar-refractivity contribution is -0.0704. The van der Waals surface area contributed by atoms with E-state index < -0.39 is 0 Å². The minimum absolute atomic E-state index is 0. The molecule has 1 fully saturated rings. The summed E-state index contributed by atoms with van der Waals surface area (Å²) >= 11 is 0. The zero-order valence-electron chi connectivity index (χ0n) is 18.6. The number of aromatic nitrogens is 1. The molecule has 7 nitrogen and oxygen atoms in total. The molecule has 1 saturated heterocycles. The molecule has 2 N–H and O–H groups in total. The van der Waals surface area contributed by atoms with E-state index in [1.54, 1.807) is 7.05 Å². The number of halogens is 1. The van der Waals surface area contributed by atoms with Crippen LogP contribution in [0.4, 0.5) is 0 Å². The molecule has 8 heteroatoms. The number of ether oxygens (including phenoxy) is 1. The highest BCUT2D eigenvalue weighted by Gasteiger charge is 2.21. The normalized spacial score (nSPS) is 20.0. The zero-order chi connectivity index (χ0) is 20.8. The number of benzene rings is 1. The minimum Gasteiger partial charge on any atom is -0.444 e. The number of oxazole rings is 1. The molecular formula is C22H34IN5O2. The van der Waals surface area contributed by atoms with Crippen LogP contribution in [0.3, 0.4) is 0 Å². The van der Waals surface area contributed by atoms with Gasteiger partial charge in [0.05, 0.1) is 24.4 Å². The summed E-state index contributed by atoms with van der Waals surface area (Å²) in [4.78, 5) is 11.1. The Bertz CT molecular complexity index is 792. The fraction of sp³-hybridized carbons (Fsp3) is 0.545. The maximum atomic E-state index is 5.82. The van der Waals surface area contributed by atoms with Gasteiger partial charge in [-0.2, -0.15) is 0 Å². The third-order valence-electron chi connectivity index (χ3n) is 5.09. The summed E-state index contributed by atoms with van der Waals surface area (Å²) < 4.78 is 11.4. The first-order valence-corrected chi connectivity index (χ1v) is 10.3. The van der Waals surface area contributed by atoms with Gasteiger partial charge in [-0.05, 0) is 38.8 Å². The quantitative estimate of drug-likeness (QED) is 0.341. The molecule has 0 saturated carbocycles. The first kappa shape index (κ1) is 24.6. The number of rotatable bonds is 6. The summed E-state index contributed by atoms with van der Waals surface area (Å²) in [6, 6.07) is 8.75. The van der Waals surface area contributed by atoms with E-state index in [0.29, 0.717) is 31.2 Å². The van der Waals surface area contributed by atoms with E-state index in [4.69, 9.17) is 9.15 Å². The number of aliphatic imine (C=N–C) groups is 1. The average molecular weight is 527 g/mol. The van der Waals surface area contributed by atoms with Gasteiger partial charge < -0.3 is 19.8 Å². The Hall–Kier alpha value is -1.65. The molecule has 0 radical (unpaired) electrons. The Morgan fingerprint density at radius 3 is 2.23 bits per heavy atom. The molecule has 1 aliphatic heterocycles. The summed E-state index contributed by atoms with van der Waals surface area (Å²) in [5.41, 5.74) is 3.46. The van der Waals surface area contributed by atoms with E-state index in [0.717, 1.165) is 37.0 Å². The van der Waals surface area contributed by atoms with Crippen LogP contribution in [0.1, 0.15) is 42.3 Å². The third kappa shape index (κ3) is 7.24. The lowest BCUT2D eigenvalue weighted by Gasteiger charge is -2.35. The number of aryl methyl sites for hydroxylation is 2. The molecule has 1 aromatic carbocycles. The van der Waals surface area contributed by atoms with E-state index in [2.05, 4.69) is 63.6 Å². The van der Waals surface area contributed by atoms with Crippen LogP contribution in [0, 0.1) is 13.8 Å². The predicted octanol–water partition coefficient (Wildman–Crippen LogP) is 3.38. The summed E-state index contributed by atoms with van der Waals surface area (Å²) in [5.74, 6) is 2.24. The lowest BCUT2D eigenvalue weighted by Crippen LogP contribution is -2.44. The standard InChI is InChI=1S/C22H33N5O2.HI/c1-15-12-27(13-16(2)28-15)14-20-8-6-19(7-9-20)10-24-22(23-5)25-11-21-26-17(3)18(4)29-21;/h6-9,15-16H,10-14H2,1-5H3,(H2,23,24,25);1H. The number of hydrogen-bond acceptors (Lipinski definition) is 5. The van der Waals surface area contributed by atoms with Crippen molar-refractivity contribution in [2.75, 3.05) is 20.1 Å². The Morgan fingerprint density at radius 2 is 1.67 bits per heavy atom. The van der Waals surface area contributed by atoms with Gasteiger partial charge in [0.15, 0.2) is 5.96 Å². The van der Waals surface area contributed by atoms with Gasteiger partial charge in [0.25, 0.3) is 0 Å². The smallest absolute Gasteiger partial charge is 0.214 e. The average Bonchev–Trinajstić information content (AvgIpc) is 3.00. The van der Waals surface area contributed by atoms with Gasteiger partial charge >= 0.3 is 0 Å². The third-order valence-corrected chi connectivity index (χ3v) is 5.09. The Labute approximate surface area is 196 Å². The van der Waals surface area contributed by atoms with Gasteiger partial charge in [0.2, 0.25) is 5.89 Å². The number of hydrogen-bond donors (Lipinski definition) is 2. The summed E-state index contributed by atoms with van der Waals surface area (Å²) in [6.45, 7) is 12.3. The highest BCUT2D eigenvalue weighted by atomic mass is 127. The molecule has 1 aliphatic rings. The van der Waals surface area contributed by atoms with Crippen LogP contribution in [0.2, 0.25) is 0 Å². The molecule has 166 valence electrons. The van der Waals surface area contributed by atoms with Crippen LogP contribution < -0.4 is 10.6 Å². The Morgan fingerprint density at radius 1 is 1.07 bits per heavy atom. The Balaban J connectivity index is 0.00000320. The fourth-order valence-corrected chi connectivity index (χ4v) is 3.61. The second kappa shape index (κ2) is 11.7. The van der Waals surface area contributed by atoms with E-state index in [1.165, 1.54) is 11.1 Å². The van der Waals surface area contributed by atoms with E-state index in [1.807, 2.05) is 13.8 Å². The van der Waals surface area contributed by atoms with Gasteiger partial charge in [-0.1, -0.05) is 24.3 Å². The van der Waals surface area contributed by atoms with Gasteiger partial charge in [-0.3, -0.25) is 9.89 Å². The van der Waals surface area contributed by atoms with Crippen LogP contribution in [0.25, 0.3) is 0 Å².